The molecule has 0 spiro atoms. The maximum absolute atomic E-state index is 11.9. The summed E-state index contributed by atoms with van der Waals surface area (Å²) in [7, 11) is 0. The predicted octanol–water partition coefficient (Wildman–Crippen LogP) is 0.613. The van der Waals surface area contributed by atoms with Crippen molar-refractivity contribution >= 4 is 5.91 Å². The largest absolute Gasteiger partial charge is 0.460 e. The number of nitrogens with zero attached hydrogens (tertiary/aromatic N) is 2. The van der Waals surface area contributed by atoms with Crippen LogP contribution in [0.25, 0.3) is 0 Å². The Bertz CT molecular complexity index is 673. The van der Waals surface area contributed by atoms with Gasteiger partial charge in [-0.3, -0.25) is 4.79 Å². The van der Waals surface area contributed by atoms with Gasteiger partial charge in [0.15, 0.2) is 0 Å². The highest BCUT2D eigenvalue weighted by atomic mass is 16.5. The van der Waals surface area contributed by atoms with Crippen LogP contribution in [0.4, 0.5) is 0 Å². The molecular formula is C14H17N5O3. The van der Waals surface area contributed by atoms with Gasteiger partial charge < -0.3 is 20.0 Å². The fraction of sp³-hybridized carbons (Fsp3) is 0.429. The topological polar surface area (TPSA) is 113 Å². The first-order chi connectivity index (χ1) is 10.7. The van der Waals surface area contributed by atoms with Gasteiger partial charge >= 0.3 is 11.7 Å². The molecule has 1 amide bonds. The number of carbonyl (C=O) groups excluding carboxylic acids is 1. The van der Waals surface area contributed by atoms with Gasteiger partial charge in [-0.2, -0.15) is 0 Å². The molecule has 0 aromatic carbocycles. The van der Waals surface area contributed by atoms with Gasteiger partial charge in [0.1, 0.15) is 11.8 Å². The second-order valence-corrected chi connectivity index (χ2v) is 5.25. The Hall–Kier alpha value is -2.64. The van der Waals surface area contributed by atoms with Gasteiger partial charge in [-0.1, -0.05) is 0 Å². The molecule has 0 radical (unpaired) electrons. The van der Waals surface area contributed by atoms with Crippen LogP contribution in [0, 0.1) is 0 Å². The Kier molecular flexibility index (Phi) is 4.17. The van der Waals surface area contributed by atoms with Crippen LogP contribution in [0.2, 0.25) is 0 Å². The molecule has 0 bridgehead atoms. The van der Waals surface area contributed by atoms with Crippen LogP contribution in [0.3, 0.4) is 0 Å². The van der Waals surface area contributed by atoms with Gasteiger partial charge in [0, 0.05) is 24.6 Å². The lowest BCUT2D eigenvalue weighted by Gasteiger charge is -2.28. The zero-order valence-electron chi connectivity index (χ0n) is 11.9. The summed E-state index contributed by atoms with van der Waals surface area (Å²) in [4.78, 5) is 35.9. The van der Waals surface area contributed by atoms with Crippen LogP contribution < -0.4 is 15.7 Å². The Labute approximate surface area is 126 Å². The molecule has 1 saturated carbocycles. The molecule has 3 rings (SSSR count). The standard InChI is InChI=1S/C14H17N5O3/c20-12(11-8-17-13(21)19-11)18-9-2-4-10(5-3-9)22-14-15-6-1-7-16-14/h1,6-10H,2-5H2,(H,18,20)(H2,17,19,21). The Morgan fingerprint density at radius 1 is 1.23 bits per heavy atom. The fourth-order valence-electron chi connectivity index (χ4n) is 2.54. The summed E-state index contributed by atoms with van der Waals surface area (Å²) in [5, 5.41) is 2.92. The normalized spacial score (nSPS) is 21.3. The highest BCUT2D eigenvalue weighted by Gasteiger charge is 2.24. The SMILES string of the molecule is O=C(NC1CCC(Oc2ncccn2)CC1)c1c[nH]c(=O)[nH]1. The molecule has 22 heavy (non-hydrogen) atoms. The third-order valence-corrected chi connectivity index (χ3v) is 3.66. The maximum Gasteiger partial charge on any atom is 0.323 e. The Morgan fingerprint density at radius 3 is 2.59 bits per heavy atom. The lowest BCUT2D eigenvalue weighted by atomic mass is 9.93. The van der Waals surface area contributed by atoms with Crippen LogP contribution in [-0.4, -0.2) is 38.0 Å². The number of amides is 1. The van der Waals surface area contributed by atoms with E-state index in [1.165, 1.54) is 6.20 Å². The second-order valence-electron chi connectivity index (χ2n) is 5.25. The van der Waals surface area contributed by atoms with E-state index in [1.54, 1.807) is 18.5 Å². The molecular weight excluding hydrogens is 286 g/mol. The number of ether oxygens (including phenoxy) is 1. The molecule has 1 fully saturated rings. The van der Waals surface area contributed by atoms with E-state index in [1.807, 2.05) is 0 Å². The first kappa shape index (κ1) is 14.3. The first-order valence-corrected chi connectivity index (χ1v) is 7.23. The van der Waals surface area contributed by atoms with Crippen molar-refractivity contribution in [3.8, 4) is 6.01 Å². The fourth-order valence-corrected chi connectivity index (χ4v) is 2.54. The number of aromatic amines is 2. The predicted molar refractivity (Wildman–Crippen MR) is 77.6 cm³/mol. The smallest absolute Gasteiger partial charge is 0.323 e. The van der Waals surface area contributed by atoms with Crippen LogP contribution in [0.5, 0.6) is 6.01 Å². The summed E-state index contributed by atoms with van der Waals surface area (Å²) in [5.41, 5.74) is -0.133. The van der Waals surface area contributed by atoms with E-state index in [0.29, 0.717) is 6.01 Å². The third-order valence-electron chi connectivity index (χ3n) is 3.66. The lowest BCUT2D eigenvalue weighted by Crippen LogP contribution is -2.40. The minimum Gasteiger partial charge on any atom is -0.460 e. The van der Waals surface area contributed by atoms with Gasteiger partial charge in [0.2, 0.25) is 0 Å². The minimum absolute atomic E-state index is 0.0719. The molecule has 3 N–H and O–H groups in total. The molecule has 0 saturated heterocycles. The van der Waals surface area contributed by atoms with E-state index in [-0.39, 0.29) is 29.4 Å². The summed E-state index contributed by atoms with van der Waals surface area (Å²) in [6, 6.07) is 2.22. The zero-order valence-corrected chi connectivity index (χ0v) is 11.9. The van der Waals surface area contributed by atoms with Crippen molar-refractivity contribution in [2.45, 2.75) is 37.8 Å². The average molecular weight is 303 g/mol. The van der Waals surface area contributed by atoms with Crippen molar-refractivity contribution in [1.82, 2.24) is 25.3 Å². The number of H-pyrrole nitrogens is 2. The van der Waals surface area contributed by atoms with Crippen molar-refractivity contribution in [2.75, 3.05) is 0 Å². The van der Waals surface area contributed by atoms with Crippen molar-refractivity contribution < 1.29 is 9.53 Å². The van der Waals surface area contributed by atoms with Gasteiger partial charge in [0.25, 0.3) is 5.91 Å². The van der Waals surface area contributed by atoms with E-state index < -0.39 is 0 Å². The van der Waals surface area contributed by atoms with Crippen molar-refractivity contribution in [1.29, 1.82) is 0 Å². The van der Waals surface area contributed by atoms with Crippen molar-refractivity contribution in [2.24, 2.45) is 0 Å². The monoisotopic (exact) mass is 303 g/mol. The number of hydrogen-bond donors (Lipinski definition) is 3. The number of rotatable bonds is 4. The highest BCUT2D eigenvalue weighted by molar-refractivity contribution is 5.92. The summed E-state index contributed by atoms with van der Waals surface area (Å²) in [5.74, 6) is -0.269. The number of nitrogens with one attached hydrogen (secondary N) is 3. The van der Waals surface area contributed by atoms with Crippen molar-refractivity contribution in [3.05, 3.63) is 40.8 Å². The van der Waals surface area contributed by atoms with E-state index >= 15 is 0 Å². The van der Waals surface area contributed by atoms with Crippen molar-refractivity contribution in [3.63, 3.8) is 0 Å². The number of imidazole rings is 1. The second kappa shape index (κ2) is 6.42. The summed E-state index contributed by atoms with van der Waals surface area (Å²) in [6.07, 6.45) is 8.02. The Morgan fingerprint density at radius 2 is 1.95 bits per heavy atom. The molecule has 2 aromatic rings. The summed E-state index contributed by atoms with van der Waals surface area (Å²) >= 11 is 0. The third kappa shape index (κ3) is 3.51. The van der Waals surface area contributed by atoms with Crippen LogP contribution in [0.15, 0.2) is 29.5 Å². The molecule has 0 aliphatic heterocycles. The molecule has 8 nitrogen and oxygen atoms in total. The van der Waals surface area contributed by atoms with E-state index in [0.717, 1.165) is 25.7 Å². The lowest BCUT2D eigenvalue weighted by molar-refractivity contribution is 0.0881. The minimum atomic E-state index is -0.384. The molecule has 0 unspecified atom stereocenters. The average Bonchev–Trinajstić information content (AvgIpc) is 2.97. The number of hydrogen-bond acceptors (Lipinski definition) is 5. The van der Waals surface area contributed by atoms with Gasteiger partial charge in [-0.25, -0.2) is 14.8 Å². The molecule has 0 atom stereocenters. The van der Waals surface area contributed by atoms with Gasteiger partial charge in [-0.15, -0.1) is 0 Å². The molecule has 2 heterocycles. The van der Waals surface area contributed by atoms with Gasteiger partial charge in [0.05, 0.1) is 0 Å². The van der Waals surface area contributed by atoms with E-state index in [9.17, 15) is 9.59 Å². The number of carbonyl (C=O) groups is 1. The maximum atomic E-state index is 11.9. The molecule has 8 heteroatoms. The molecule has 1 aliphatic carbocycles. The number of aromatic nitrogens is 4. The van der Waals surface area contributed by atoms with E-state index in [4.69, 9.17) is 4.74 Å². The zero-order chi connectivity index (χ0) is 15.4. The van der Waals surface area contributed by atoms with Crippen LogP contribution in [0.1, 0.15) is 36.2 Å². The van der Waals surface area contributed by atoms with E-state index in [2.05, 4.69) is 25.3 Å². The Balaban J connectivity index is 1.47. The summed E-state index contributed by atoms with van der Waals surface area (Å²) in [6.45, 7) is 0. The molecule has 2 aromatic heterocycles. The first-order valence-electron chi connectivity index (χ1n) is 7.23. The molecule has 116 valence electrons. The van der Waals surface area contributed by atoms with Crippen LogP contribution >= 0.6 is 0 Å². The van der Waals surface area contributed by atoms with Gasteiger partial charge in [-0.05, 0) is 31.7 Å². The van der Waals surface area contributed by atoms with Crippen LogP contribution in [-0.2, 0) is 0 Å². The summed E-state index contributed by atoms with van der Waals surface area (Å²) < 4.78 is 5.71. The molecule has 1 aliphatic rings. The highest BCUT2D eigenvalue weighted by Crippen LogP contribution is 2.22. The quantitative estimate of drug-likeness (QED) is 0.766.